The number of hydrogen-bond donors (Lipinski definition) is 0. The fraction of sp³-hybridized carbons (Fsp3) is 0.536. The minimum absolute atomic E-state index is 0.0152. The van der Waals surface area contributed by atoms with Crippen LogP contribution < -0.4 is 0 Å². The molecule has 0 unspecified atom stereocenters. The number of amides is 1. The highest BCUT2D eigenvalue weighted by molar-refractivity contribution is 7.89. The number of piperazine rings is 1. The van der Waals surface area contributed by atoms with Crippen molar-refractivity contribution in [2.24, 2.45) is 5.92 Å². The zero-order chi connectivity index (χ0) is 26.9. The van der Waals surface area contributed by atoms with Crippen LogP contribution in [0.2, 0.25) is 5.02 Å². The lowest BCUT2D eigenvalue weighted by Gasteiger charge is -2.42. The number of nitrogens with zero attached hydrogens (tertiary/aromatic N) is 3. The number of carbonyl (C=O) groups excluding carboxylic acids is 1. The second-order valence-electron chi connectivity index (χ2n) is 10.7. The Kier molecular flexibility index (Phi) is 8.28. The van der Waals surface area contributed by atoms with Crippen molar-refractivity contribution in [3.05, 3.63) is 64.9 Å². The minimum Gasteiger partial charge on any atom is -0.448 e. The monoisotopic (exact) mass is 563 g/mol. The summed E-state index contributed by atoms with van der Waals surface area (Å²) in [5.74, 6) is 0.340. The number of halogens is 2. The summed E-state index contributed by atoms with van der Waals surface area (Å²) in [6.45, 7) is 5.22. The van der Waals surface area contributed by atoms with Gasteiger partial charge in [0.25, 0.3) is 0 Å². The topological polar surface area (TPSA) is 70.2 Å². The fourth-order valence-corrected chi connectivity index (χ4v) is 7.69. The van der Waals surface area contributed by atoms with Gasteiger partial charge in [-0.2, -0.15) is 4.31 Å². The molecule has 3 fully saturated rings. The Bertz CT molecular complexity index is 1240. The molecule has 10 heteroatoms. The summed E-state index contributed by atoms with van der Waals surface area (Å²) >= 11 is 6.01. The van der Waals surface area contributed by atoms with Crippen molar-refractivity contribution < 1.29 is 22.3 Å². The Balaban J connectivity index is 1.34. The molecule has 2 aliphatic heterocycles. The van der Waals surface area contributed by atoms with E-state index in [-0.39, 0.29) is 17.5 Å². The SMILES string of the molecule is C[C@@H]1CN(CC2CC2)CCN1C(=O)OC[C@H]1CCC[C@@H](c2ccccc2F)N1S(=O)(=O)c1ccc(Cl)cc1. The number of ether oxygens (including phenoxy) is 1. The number of rotatable bonds is 7. The van der Waals surface area contributed by atoms with Gasteiger partial charge in [-0.15, -0.1) is 0 Å². The highest BCUT2D eigenvalue weighted by Gasteiger charge is 2.42. The fourth-order valence-electron chi connectivity index (χ4n) is 5.73. The molecule has 2 aromatic rings. The summed E-state index contributed by atoms with van der Waals surface area (Å²) in [6.07, 6.45) is 3.82. The van der Waals surface area contributed by atoms with E-state index in [9.17, 15) is 17.6 Å². The molecule has 0 radical (unpaired) electrons. The van der Waals surface area contributed by atoms with Crippen molar-refractivity contribution in [1.82, 2.24) is 14.1 Å². The molecule has 0 bridgehead atoms. The summed E-state index contributed by atoms with van der Waals surface area (Å²) in [5.41, 5.74) is 0.321. The summed E-state index contributed by atoms with van der Waals surface area (Å²) in [4.78, 5) is 17.3. The van der Waals surface area contributed by atoms with Gasteiger partial charge in [-0.25, -0.2) is 17.6 Å². The third-order valence-corrected chi connectivity index (χ3v) is 10.1. The predicted octanol–water partition coefficient (Wildman–Crippen LogP) is 5.32. The predicted molar refractivity (Wildman–Crippen MR) is 144 cm³/mol. The molecule has 5 rings (SSSR count). The summed E-state index contributed by atoms with van der Waals surface area (Å²) in [5, 5.41) is 0.421. The molecule has 2 saturated heterocycles. The molecule has 1 amide bonds. The molecule has 1 saturated carbocycles. The third kappa shape index (κ3) is 6.01. The normalized spacial score (nSPS) is 25.3. The Hall–Kier alpha value is -2.20. The number of piperidine rings is 1. The molecule has 1 aliphatic carbocycles. The number of hydrogen-bond acceptors (Lipinski definition) is 5. The first-order chi connectivity index (χ1) is 18.2. The quantitative estimate of drug-likeness (QED) is 0.456. The zero-order valence-corrected chi connectivity index (χ0v) is 23.2. The average Bonchev–Trinajstić information content (AvgIpc) is 3.71. The maximum absolute atomic E-state index is 14.9. The lowest BCUT2D eigenvalue weighted by Crippen LogP contribution is -2.55. The van der Waals surface area contributed by atoms with E-state index in [0.29, 0.717) is 36.4 Å². The van der Waals surface area contributed by atoms with E-state index in [1.165, 1.54) is 47.5 Å². The molecule has 2 aromatic carbocycles. The van der Waals surface area contributed by atoms with Crippen molar-refractivity contribution in [3.8, 4) is 0 Å². The maximum atomic E-state index is 14.9. The molecule has 0 N–H and O–H groups in total. The van der Waals surface area contributed by atoms with E-state index in [2.05, 4.69) is 4.90 Å². The van der Waals surface area contributed by atoms with Gasteiger partial charge in [0.05, 0.1) is 17.0 Å². The average molecular weight is 564 g/mol. The molecular formula is C28H35ClFN3O4S. The number of carbonyl (C=O) groups is 1. The van der Waals surface area contributed by atoms with Gasteiger partial charge < -0.3 is 9.64 Å². The van der Waals surface area contributed by atoms with E-state index in [1.54, 1.807) is 23.1 Å². The maximum Gasteiger partial charge on any atom is 0.410 e. The second-order valence-corrected chi connectivity index (χ2v) is 13.0. The largest absolute Gasteiger partial charge is 0.448 e. The van der Waals surface area contributed by atoms with Gasteiger partial charge in [0.15, 0.2) is 0 Å². The van der Waals surface area contributed by atoms with Crippen LogP contribution in [-0.4, -0.2) is 73.5 Å². The molecule has 0 spiro atoms. The van der Waals surface area contributed by atoms with Crippen LogP contribution in [0.5, 0.6) is 0 Å². The lowest BCUT2D eigenvalue weighted by atomic mass is 9.93. The van der Waals surface area contributed by atoms with Gasteiger partial charge >= 0.3 is 6.09 Å². The van der Waals surface area contributed by atoms with E-state index < -0.39 is 34.0 Å². The minimum atomic E-state index is -4.04. The van der Waals surface area contributed by atoms with Crippen LogP contribution in [0.1, 0.15) is 50.6 Å². The molecule has 0 aromatic heterocycles. The van der Waals surface area contributed by atoms with Gasteiger partial charge in [0.1, 0.15) is 12.4 Å². The Morgan fingerprint density at radius 1 is 1.05 bits per heavy atom. The van der Waals surface area contributed by atoms with E-state index in [1.807, 2.05) is 6.92 Å². The van der Waals surface area contributed by atoms with Crippen LogP contribution in [-0.2, 0) is 14.8 Å². The molecule has 3 aliphatic rings. The Morgan fingerprint density at radius 3 is 2.47 bits per heavy atom. The number of benzene rings is 2. The van der Waals surface area contributed by atoms with Crippen molar-refractivity contribution in [3.63, 3.8) is 0 Å². The van der Waals surface area contributed by atoms with Gasteiger partial charge in [0.2, 0.25) is 10.0 Å². The molecule has 3 atom stereocenters. The van der Waals surface area contributed by atoms with Gasteiger partial charge in [-0.3, -0.25) is 4.90 Å². The third-order valence-electron chi connectivity index (χ3n) is 7.89. The van der Waals surface area contributed by atoms with Crippen LogP contribution in [0.15, 0.2) is 53.4 Å². The first kappa shape index (κ1) is 27.4. The molecule has 38 heavy (non-hydrogen) atoms. The van der Waals surface area contributed by atoms with Crippen LogP contribution in [0.25, 0.3) is 0 Å². The molecule has 2 heterocycles. The van der Waals surface area contributed by atoms with Gasteiger partial charge in [-0.05, 0) is 75.3 Å². The van der Waals surface area contributed by atoms with Crippen LogP contribution in [0.3, 0.4) is 0 Å². The summed E-state index contributed by atoms with van der Waals surface area (Å²) < 4.78 is 49.9. The van der Waals surface area contributed by atoms with Crippen LogP contribution in [0, 0.1) is 11.7 Å². The summed E-state index contributed by atoms with van der Waals surface area (Å²) in [6, 6.07) is 10.9. The van der Waals surface area contributed by atoms with E-state index in [4.69, 9.17) is 16.3 Å². The van der Waals surface area contributed by atoms with Crippen molar-refractivity contribution in [2.75, 3.05) is 32.8 Å². The van der Waals surface area contributed by atoms with Crippen molar-refractivity contribution in [1.29, 1.82) is 0 Å². The molecular weight excluding hydrogens is 529 g/mol. The Labute approximate surface area is 229 Å². The van der Waals surface area contributed by atoms with E-state index >= 15 is 0 Å². The molecule has 206 valence electrons. The lowest BCUT2D eigenvalue weighted by molar-refractivity contribution is 0.0315. The zero-order valence-electron chi connectivity index (χ0n) is 21.6. The number of sulfonamides is 1. The van der Waals surface area contributed by atoms with Gasteiger partial charge in [0, 0.05) is 42.8 Å². The first-order valence-corrected chi connectivity index (χ1v) is 15.2. The van der Waals surface area contributed by atoms with Crippen LogP contribution in [0.4, 0.5) is 9.18 Å². The van der Waals surface area contributed by atoms with Crippen molar-refractivity contribution in [2.45, 2.75) is 62.0 Å². The smallest absolute Gasteiger partial charge is 0.410 e. The summed E-state index contributed by atoms with van der Waals surface area (Å²) in [7, 11) is -4.04. The second kappa shape index (κ2) is 11.5. The van der Waals surface area contributed by atoms with Crippen LogP contribution >= 0.6 is 11.6 Å². The van der Waals surface area contributed by atoms with E-state index in [0.717, 1.165) is 25.6 Å². The Morgan fingerprint density at radius 2 is 1.79 bits per heavy atom. The van der Waals surface area contributed by atoms with Crippen molar-refractivity contribution >= 4 is 27.7 Å². The highest BCUT2D eigenvalue weighted by atomic mass is 35.5. The van der Waals surface area contributed by atoms with Gasteiger partial charge in [-0.1, -0.05) is 29.8 Å². The standard InChI is InChI=1S/C28H35ClFN3O4S/c1-20-17-31(18-21-9-10-21)15-16-32(20)28(34)37-19-23-5-4-8-27(25-6-2-3-7-26(25)30)33(23)38(35,36)24-13-11-22(29)12-14-24/h2-3,6-7,11-14,20-21,23,27H,4-5,8-10,15-19H2,1H3/t20-,23-,27+/m1/s1. The highest BCUT2D eigenvalue weighted by Crippen LogP contribution is 2.40. The molecule has 7 nitrogen and oxygen atoms in total. The first-order valence-electron chi connectivity index (χ1n) is 13.4.